The molecule has 3 heterocycles. The Bertz CT molecular complexity index is 956. The molecule has 31 heavy (non-hydrogen) atoms. The molecule has 4 amide bonds. The minimum absolute atomic E-state index is 0.0450. The van der Waals surface area contributed by atoms with E-state index in [2.05, 4.69) is 15.6 Å². The van der Waals surface area contributed by atoms with Crippen LogP contribution in [0.1, 0.15) is 17.8 Å². The van der Waals surface area contributed by atoms with E-state index >= 15 is 0 Å². The van der Waals surface area contributed by atoms with Crippen molar-refractivity contribution in [2.24, 2.45) is 0 Å². The van der Waals surface area contributed by atoms with Crippen LogP contribution in [0.4, 0.5) is 4.79 Å². The van der Waals surface area contributed by atoms with Gasteiger partial charge >= 0.3 is 6.03 Å². The number of nitrogens with zero attached hydrogens (tertiary/aromatic N) is 4. The number of hydrogen-bond acceptors (Lipinski definition) is 6. The number of hydrogen-bond donors (Lipinski definition) is 1. The molecule has 0 saturated carbocycles. The first kappa shape index (κ1) is 21.7. The molecule has 1 aromatic heterocycles. The summed E-state index contributed by atoms with van der Waals surface area (Å²) in [6.07, 6.45) is 0.563. The van der Waals surface area contributed by atoms with Crippen molar-refractivity contribution in [3.8, 4) is 11.3 Å². The number of piperazine rings is 1. The average Bonchev–Trinajstić information content (AvgIpc) is 3.22. The summed E-state index contributed by atoms with van der Waals surface area (Å²) in [4.78, 5) is 45.9. The first-order chi connectivity index (χ1) is 15.0. The van der Waals surface area contributed by atoms with Gasteiger partial charge in [-0.05, 0) is 12.1 Å². The van der Waals surface area contributed by atoms with Gasteiger partial charge in [0, 0.05) is 68.1 Å². The number of imide groups is 1. The normalized spacial score (nSPS) is 17.7. The Labute approximate surface area is 189 Å². The molecule has 0 unspecified atom stereocenters. The molecule has 0 bridgehead atoms. The average molecular weight is 462 g/mol. The van der Waals surface area contributed by atoms with Crippen molar-refractivity contribution in [2.75, 3.05) is 39.3 Å². The van der Waals surface area contributed by atoms with Gasteiger partial charge < -0.3 is 9.80 Å². The fourth-order valence-electron chi connectivity index (χ4n) is 3.68. The molecule has 0 atom stereocenters. The largest absolute Gasteiger partial charge is 0.340 e. The fraction of sp³-hybridized carbons (Fsp3) is 0.429. The maximum absolute atomic E-state index is 12.5. The summed E-state index contributed by atoms with van der Waals surface area (Å²) in [5.74, 6) is -0.215. The number of aromatic nitrogens is 1. The van der Waals surface area contributed by atoms with Gasteiger partial charge in [-0.15, -0.1) is 11.3 Å². The molecular weight excluding hydrogens is 438 g/mol. The quantitative estimate of drug-likeness (QED) is 0.714. The van der Waals surface area contributed by atoms with Crippen LogP contribution >= 0.6 is 22.9 Å². The van der Waals surface area contributed by atoms with Gasteiger partial charge in [0.25, 0.3) is 0 Å². The number of benzene rings is 1. The topological polar surface area (TPSA) is 85.9 Å². The summed E-state index contributed by atoms with van der Waals surface area (Å²) in [5.41, 5.74) is 2.00. The highest BCUT2D eigenvalue weighted by molar-refractivity contribution is 7.09. The second-order valence-corrected chi connectivity index (χ2v) is 9.01. The van der Waals surface area contributed by atoms with Gasteiger partial charge in [0.2, 0.25) is 11.8 Å². The number of amides is 4. The molecule has 2 fully saturated rings. The molecule has 2 aliphatic heterocycles. The fourth-order valence-corrected chi connectivity index (χ4v) is 4.65. The van der Waals surface area contributed by atoms with Crippen molar-refractivity contribution >= 4 is 40.8 Å². The smallest absolute Gasteiger partial charge is 0.324 e. The van der Waals surface area contributed by atoms with Crippen LogP contribution in [0.5, 0.6) is 0 Å². The lowest BCUT2D eigenvalue weighted by Gasteiger charge is -2.35. The SMILES string of the molecule is O=C1CCN(CCC(=O)N2CCN(Cc3nc(-c4ccc(Cl)cc4)cs3)CC2)C(=O)N1. The van der Waals surface area contributed by atoms with Crippen LogP contribution in [0.3, 0.4) is 0 Å². The first-order valence-electron chi connectivity index (χ1n) is 10.3. The second-order valence-electron chi connectivity index (χ2n) is 7.63. The van der Waals surface area contributed by atoms with Crippen LogP contribution in [-0.4, -0.2) is 76.8 Å². The van der Waals surface area contributed by atoms with Crippen molar-refractivity contribution in [2.45, 2.75) is 19.4 Å². The predicted molar refractivity (Wildman–Crippen MR) is 119 cm³/mol. The molecule has 1 aromatic carbocycles. The first-order valence-corrected chi connectivity index (χ1v) is 11.5. The molecule has 10 heteroatoms. The highest BCUT2D eigenvalue weighted by Crippen LogP contribution is 2.24. The number of thiazole rings is 1. The van der Waals surface area contributed by atoms with E-state index in [9.17, 15) is 14.4 Å². The number of rotatable bonds is 6. The summed E-state index contributed by atoms with van der Waals surface area (Å²) in [5, 5.41) is 6.10. The monoisotopic (exact) mass is 461 g/mol. The van der Waals surface area contributed by atoms with E-state index in [1.54, 1.807) is 11.3 Å². The standard InChI is InChI=1S/C21H24ClN5O3S/c22-16-3-1-15(2-4-16)17-14-31-19(23-17)13-25-9-11-26(12-10-25)20(29)6-8-27-7-5-18(28)24-21(27)30/h1-4,14H,5-13H2,(H,24,28,30). The van der Waals surface area contributed by atoms with E-state index in [4.69, 9.17) is 16.6 Å². The van der Waals surface area contributed by atoms with Crippen molar-refractivity contribution in [1.82, 2.24) is 25.0 Å². The van der Waals surface area contributed by atoms with E-state index in [1.165, 1.54) is 4.90 Å². The molecule has 1 N–H and O–H groups in total. The third-order valence-electron chi connectivity index (χ3n) is 5.51. The van der Waals surface area contributed by atoms with Gasteiger partial charge in [-0.1, -0.05) is 23.7 Å². The van der Waals surface area contributed by atoms with Crippen molar-refractivity contribution in [1.29, 1.82) is 0 Å². The number of urea groups is 1. The summed E-state index contributed by atoms with van der Waals surface area (Å²) in [6.45, 7) is 4.39. The Kier molecular flexibility index (Phi) is 6.84. The van der Waals surface area contributed by atoms with E-state index in [1.807, 2.05) is 29.2 Å². The number of carbonyl (C=O) groups excluding carboxylic acids is 3. The van der Waals surface area contributed by atoms with Gasteiger partial charge in [-0.25, -0.2) is 9.78 Å². The summed E-state index contributed by atoms with van der Waals surface area (Å²) >= 11 is 7.59. The van der Waals surface area contributed by atoms with Gasteiger partial charge in [0.05, 0.1) is 12.2 Å². The number of halogens is 1. The number of carbonyl (C=O) groups is 3. The molecule has 2 aromatic rings. The second kappa shape index (κ2) is 9.76. The van der Waals surface area contributed by atoms with Crippen molar-refractivity contribution in [3.63, 3.8) is 0 Å². The maximum atomic E-state index is 12.5. The van der Waals surface area contributed by atoms with Gasteiger partial charge in [-0.2, -0.15) is 0 Å². The van der Waals surface area contributed by atoms with Crippen LogP contribution in [0, 0.1) is 0 Å². The molecule has 2 aliphatic rings. The Balaban J connectivity index is 1.22. The van der Waals surface area contributed by atoms with E-state index in [0.717, 1.165) is 35.9 Å². The van der Waals surface area contributed by atoms with Crippen LogP contribution in [-0.2, 0) is 16.1 Å². The van der Waals surface area contributed by atoms with E-state index < -0.39 is 6.03 Å². The van der Waals surface area contributed by atoms with Crippen LogP contribution in [0.2, 0.25) is 5.02 Å². The zero-order valence-electron chi connectivity index (χ0n) is 17.1. The zero-order valence-corrected chi connectivity index (χ0v) is 18.6. The molecule has 4 rings (SSSR count). The maximum Gasteiger partial charge on any atom is 0.324 e. The highest BCUT2D eigenvalue weighted by atomic mass is 35.5. The van der Waals surface area contributed by atoms with Crippen LogP contribution in [0.25, 0.3) is 11.3 Å². The third kappa shape index (κ3) is 5.61. The summed E-state index contributed by atoms with van der Waals surface area (Å²) < 4.78 is 0. The minimum Gasteiger partial charge on any atom is -0.340 e. The minimum atomic E-state index is -0.407. The highest BCUT2D eigenvalue weighted by Gasteiger charge is 2.26. The summed E-state index contributed by atoms with van der Waals surface area (Å²) in [7, 11) is 0. The molecule has 0 spiro atoms. The Hall–Kier alpha value is -2.49. The summed E-state index contributed by atoms with van der Waals surface area (Å²) in [6, 6.07) is 7.26. The van der Waals surface area contributed by atoms with Gasteiger partial charge in [0.15, 0.2) is 0 Å². The Morgan fingerprint density at radius 2 is 1.84 bits per heavy atom. The molecule has 164 valence electrons. The van der Waals surface area contributed by atoms with Gasteiger partial charge in [0.1, 0.15) is 5.01 Å². The predicted octanol–water partition coefficient (Wildman–Crippen LogP) is 2.44. The van der Waals surface area contributed by atoms with Crippen LogP contribution in [0.15, 0.2) is 29.6 Å². The zero-order chi connectivity index (χ0) is 21.8. The lowest BCUT2D eigenvalue weighted by atomic mass is 10.2. The lowest BCUT2D eigenvalue weighted by Crippen LogP contribution is -2.51. The Morgan fingerprint density at radius 3 is 2.55 bits per heavy atom. The van der Waals surface area contributed by atoms with E-state index in [0.29, 0.717) is 31.2 Å². The van der Waals surface area contributed by atoms with Crippen molar-refractivity contribution < 1.29 is 14.4 Å². The molecular formula is C21H24ClN5O3S. The van der Waals surface area contributed by atoms with Crippen LogP contribution < -0.4 is 5.32 Å². The number of nitrogens with one attached hydrogen (secondary N) is 1. The third-order valence-corrected chi connectivity index (χ3v) is 6.60. The van der Waals surface area contributed by atoms with Crippen molar-refractivity contribution in [3.05, 3.63) is 39.7 Å². The molecule has 0 aliphatic carbocycles. The molecule has 8 nitrogen and oxygen atoms in total. The Morgan fingerprint density at radius 1 is 1.10 bits per heavy atom. The lowest BCUT2D eigenvalue weighted by molar-refractivity contribution is -0.133. The molecule has 0 radical (unpaired) electrons. The molecule has 2 saturated heterocycles. The van der Waals surface area contributed by atoms with E-state index in [-0.39, 0.29) is 24.7 Å². The van der Waals surface area contributed by atoms with Gasteiger partial charge in [-0.3, -0.25) is 19.8 Å².